The van der Waals surface area contributed by atoms with Crippen LogP contribution < -0.4 is 5.32 Å². The molecule has 6 heteroatoms. The molecule has 0 spiro atoms. The summed E-state index contributed by atoms with van der Waals surface area (Å²) in [6, 6.07) is 1.65. The van der Waals surface area contributed by atoms with Crippen molar-refractivity contribution in [2.24, 2.45) is 0 Å². The number of aromatic nitrogens is 3. The van der Waals surface area contributed by atoms with Gasteiger partial charge in [0.05, 0.1) is 16.2 Å². The summed E-state index contributed by atoms with van der Waals surface area (Å²) in [4.78, 5) is 4.30. The lowest BCUT2D eigenvalue weighted by molar-refractivity contribution is 0.848. The molecule has 4 nitrogen and oxygen atoms in total. The van der Waals surface area contributed by atoms with Crippen LogP contribution in [-0.2, 0) is 0 Å². The first-order chi connectivity index (χ1) is 7.61. The smallest absolute Gasteiger partial charge is 0.174 e. The Labute approximate surface area is 103 Å². The molecule has 2 heterocycles. The van der Waals surface area contributed by atoms with Crippen LogP contribution in [0.5, 0.6) is 0 Å². The van der Waals surface area contributed by atoms with E-state index in [1.165, 1.54) is 0 Å². The van der Waals surface area contributed by atoms with E-state index in [-0.39, 0.29) is 0 Å². The van der Waals surface area contributed by atoms with Crippen molar-refractivity contribution in [2.45, 2.75) is 6.92 Å². The Morgan fingerprint density at radius 1 is 1.31 bits per heavy atom. The van der Waals surface area contributed by atoms with Crippen molar-refractivity contribution in [1.29, 1.82) is 0 Å². The zero-order chi connectivity index (χ0) is 11.7. The van der Waals surface area contributed by atoms with Crippen LogP contribution in [0.15, 0.2) is 18.5 Å². The van der Waals surface area contributed by atoms with E-state index in [0.29, 0.717) is 21.7 Å². The summed E-state index contributed by atoms with van der Waals surface area (Å²) in [5.74, 6) is 1.14. The van der Waals surface area contributed by atoms with E-state index in [1.807, 2.05) is 13.1 Å². The van der Waals surface area contributed by atoms with Crippen molar-refractivity contribution in [3.05, 3.63) is 34.1 Å². The molecule has 2 aromatic heterocycles. The number of halogens is 2. The fourth-order valence-corrected chi connectivity index (χ4v) is 1.86. The highest BCUT2D eigenvalue weighted by Crippen LogP contribution is 2.27. The van der Waals surface area contributed by atoms with Gasteiger partial charge in [0.25, 0.3) is 0 Å². The number of aryl methyl sites for hydroxylation is 1. The molecule has 1 N–H and O–H groups in total. The molecule has 0 aromatic carbocycles. The molecule has 2 aromatic rings. The van der Waals surface area contributed by atoms with Crippen molar-refractivity contribution in [3.8, 4) is 5.82 Å². The molecule has 0 amide bonds. The SMILES string of the molecule is CNc1nc(-n2cc(C)cn2)c(Cl)cc1Cl. The first-order valence-corrected chi connectivity index (χ1v) is 5.43. The van der Waals surface area contributed by atoms with Gasteiger partial charge in [-0.2, -0.15) is 5.10 Å². The Bertz CT molecular complexity index is 522. The summed E-state index contributed by atoms with van der Waals surface area (Å²) in [6.45, 7) is 1.95. The van der Waals surface area contributed by atoms with Crippen molar-refractivity contribution >= 4 is 29.0 Å². The summed E-state index contributed by atoms with van der Waals surface area (Å²) < 4.78 is 1.62. The van der Waals surface area contributed by atoms with Crippen LogP contribution in [0.4, 0.5) is 5.82 Å². The zero-order valence-electron chi connectivity index (χ0n) is 8.83. The molecule has 0 aliphatic carbocycles. The minimum Gasteiger partial charge on any atom is -0.372 e. The largest absolute Gasteiger partial charge is 0.372 e. The van der Waals surface area contributed by atoms with Crippen LogP contribution >= 0.6 is 23.2 Å². The van der Waals surface area contributed by atoms with Gasteiger partial charge in [0.15, 0.2) is 5.82 Å². The van der Waals surface area contributed by atoms with E-state index < -0.39 is 0 Å². The molecule has 0 aliphatic heterocycles. The second-order valence-corrected chi connectivity index (χ2v) is 4.15. The molecule has 2 rings (SSSR count). The molecule has 0 aliphatic rings. The van der Waals surface area contributed by atoms with Gasteiger partial charge in [-0.05, 0) is 18.6 Å². The van der Waals surface area contributed by atoms with E-state index in [9.17, 15) is 0 Å². The first kappa shape index (κ1) is 11.2. The molecule has 16 heavy (non-hydrogen) atoms. The highest BCUT2D eigenvalue weighted by molar-refractivity contribution is 6.36. The molecule has 0 radical (unpaired) electrons. The number of hydrogen-bond donors (Lipinski definition) is 1. The van der Waals surface area contributed by atoms with Gasteiger partial charge in [0, 0.05) is 13.2 Å². The third-order valence-corrected chi connectivity index (χ3v) is 2.64. The predicted molar refractivity (Wildman–Crippen MR) is 65.7 cm³/mol. The first-order valence-electron chi connectivity index (χ1n) is 4.67. The van der Waals surface area contributed by atoms with Crippen molar-refractivity contribution < 1.29 is 0 Å². The van der Waals surface area contributed by atoms with Gasteiger partial charge in [-0.25, -0.2) is 9.67 Å². The van der Waals surface area contributed by atoms with Gasteiger partial charge in [-0.1, -0.05) is 23.2 Å². The maximum Gasteiger partial charge on any atom is 0.174 e. The molecule has 0 unspecified atom stereocenters. The molecule has 0 saturated heterocycles. The van der Waals surface area contributed by atoms with Gasteiger partial charge in [-0.3, -0.25) is 0 Å². The third-order valence-electron chi connectivity index (χ3n) is 2.08. The summed E-state index contributed by atoms with van der Waals surface area (Å²) in [5, 5.41) is 8.00. The summed E-state index contributed by atoms with van der Waals surface area (Å²) in [5.41, 5.74) is 1.04. The standard InChI is InChI=1S/C10H10Cl2N4/c1-6-4-14-16(5-6)10-8(12)3-7(11)9(13-2)15-10/h3-5H,1-2H3,(H,13,15). The minimum atomic E-state index is 0.465. The summed E-state index contributed by atoms with van der Waals surface area (Å²) in [7, 11) is 1.75. The zero-order valence-corrected chi connectivity index (χ0v) is 10.3. The lowest BCUT2D eigenvalue weighted by Crippen LogP contribution is -2.02. The van der Waals surface area contributed by atoms with Crippen LogP contribution in [0.2, 0.25) is 10.0 Å². The topological polar surface area (TPSA) is 42.7 Å². The highest BCUT2D eigenvalue weighted by Gasteiger charge is 2.10. The van der Waals surface area contributed by atoms with Crippen LogP contribution in [0.25, 0.3) is 5.82 Å². The molecular formula is C10H10Cl2N4. The molecule has 0 fully saturated rings. The number of nitrogens with zero attached hydrogens (tertiary/aromatic N) is 3. The lowest BCUT2D eigenvalue weighted by Gasteiger charge is -2.08. The van der Waals surface area contributed by atoms with Crippen LogP contribution in [0.1, 0.15) is 5.56 Å². The van der Waals surface area contributed by atoms with Crippen molar-refractivity contribution in [2.75, 3.05) is 12.4 Å². The fraction of sp³-hybridized carbons (Fsp3) is 0.200. The number of hydrogen-bond acceptors (Lipinski definition) is 3. The van der Waals surface area contributed by atoms with E-state index in [1.54, 1.807) is 24.0 Å². The monoisotopic (exact) mass is 256 g/mol. The quantitative estimate of drug-likeness (QED) is 0.899. The van der Waals surface area contributed by atoms with Crippen LogP contribution in [-0.4, -0.2) is 21.8 Å². The Kier molecular flexibility index (Phi) is 3.03. The number of pyridine rings is 1. The predicted octanol–water partition coefficient (Wildman–Crippen LogP) is 2.92. The Balaban J connectivity index is 2.56. The maximum atomic E-state index is 6.07. The lowest BCUT2D eigenvalue weighted by atomic mass is 10.4. The summed E-state index contributed by atoms with van der Waals surface area (Å²) >= 11 is 12.0. The molecule has 0 atom stereocenters. The number of rotatable bonds is 2. The highest BCUT2D eigenvalue weighted by atomic mass is 35.5. The van der Waals surface area contributed by atoms with Gasteiger partial charge >= 0.3 is 0 Å². The average Bonchev–Trinajstić information content (AvgIpc) is 2.65. The second-order valence-electron chi connectivity index (χ2n) is 3.34. The van der Waals surface area contributed by atoms with Crippen LogP contribution in [0, 0.1) is 6.92 Å². The van der Waals surface area contributed by atoms with Gasteiger partial charge < -0.3 is 5.32 Å². The maximum absolute atomic E-state index is 6.07. The number of nitrogens with one attached hydrogen (secondary N) is 1. The third kappa shape index (κ3) is 1.99. The Morgan fingerprint density at radius 2 is 2.06 bits per heavy atom. The van der Waals surface area contributed by atoms with E-state index in [4.69, 9.17) is 23.2 Å². The second kappa shape index (κ2) is 4.31. The minimum absolute atomic E-state index is 0.465. The summed E-state index contributed by atoms with van der Waals surface area (Å²) in [6.07, 6.45) is 3.59. The fourth-order valence-electron chi connectivity index (χ4n) is 1.32. The van der Waals surface area contributed by atoms with Gasteiger partial charge in [0.1, 0.15) is 5.82 Å². The average molecular weight is 257 g/mol. The Hall–Kier alpha value is -1.26. The van der Waals surface area contributed by atoms with Gasteiger partial charge in [0.2, 0.25) is 0 Å². The van der Waals surface area contributed by atoms with Gasteiger partial charge in [-0.15, -0.1) is 0 Å². The molecule has 84 valence electrons. The van der Waals surface area contributed by atoms with Crippen molar-refractivity contribution in [3.63, 3.8) is 0 Å². The molecular weight excluding hydrogens is 247 g/mol. The van der Waals surface area contributed by atoms with E-state index in [0.717, 1.165) is 5.56 Å². The molecule has 0 saturated carbocycles. The molecule has 0 bridgehead atoms. The number of anilines is 1. The van der Waals surface area contributed by atoms with E-state index in [2.05, 4.69) is 15.4 Å². The van der Waals surface area contributed by atoms with E-state index >= 15 is 0 Å². The normalized spacial score (nSPS) is 10.5. The Morgan fingerprint density at radius 3 is 2.62 bits per heavy atom. The van der Waals surface area contributed by atoms with Crippen molar-refractivity contribution in [1.82, 2.24) is 14.8 Å². The van der Waals surface area contributed by atoms with Crippen LogP contribution in [0.3, 0.4) is 0 Å².